The fourth-order valence-electron chi connectivity index (χ4n) is 4.43. The first-order valence-electron chi connectivity index (χ1n) is 7.42. The largest absolute Gasteiger partial charge is 0.312 e. The minimum Gasteiger partial charge on any atom is -0.312 e. The molecule has 0 aromatic heterocycles. The molecule has 3 rings (SSSR count). The lowest BCUT2D eigenvalue weighted by atomic mass is 10.0. The van der Waals surface area contributed by atoms with Crippen molar-refractivity contribution in [3.63, 3.8) is 0 Å². The Morgan fingerprint density at radius 2 is 1.76 bits per heavy atom. The first-order valence-corrected chi connectivity index (χ1v) is 7.42. The van der Waals surface area contributed by atoms with Crippen molar-refractivity contribution in [2.75, 3.05) is 19.6 Å². The fraction of sp³-hybridized carbons (Fsp3) is 1.00. The molecule has 1 aliphatic carbocycles. The molecule has 3 fully saturated rings. The first kappa shape index (κ1) is 12.0. The minimum atomic E-state index is 0.536. The summed E-state index contributed by atoms with van der Waals surface area (Å²) in [6, 6.07) is 1.64. The van der Waals surface area contributed by atoms with Crippen molar-refractivity contribution < 1.29 is 0 Å². The van der Waals surface area contributed by atoms with Crippen LogP contribution in [0.25, 0.3) is 0 Å². The molecule has 0 spiro atoms. The van der Waals surface area contributed by atoms with Gasteiger partial charge in [0, 0.05) is 18.6 Å². The highest BCUT2D eigenvalue weighted by Gasteiger charge is 2.64. The molecule has 2 saturated heterocycles. The van der Waals surface area contributed by atoms with Gasteiger partial charge < -0.3 is 5.32 Å². The summed E-state index contributed by atoms with van der Waals surface area (Å²) < 4.78 is 0. The van der Waals surface area contributed by atoms with E-state index in [9.17, 15) is 0 Å². The molecule has 2 atom stereocenters. The normalized spacial score (nSPS) is 39.5. The molecule has 2 heteroatoms. The second-order valence-corrected chi connectivity index (χ2v) is 7.54. The highest BCUT2D eigenvalue weighted by atomic mass is 15.2. The Labute approximate surface area is 106 Å². The average molecular weight is 236 g/mol. The molecule has 17 heavy (non-hydrogen) atoms. The van der Waals surface area contributed by atoms with E-state index in [2.05, 4.69) is 37.9 Å². The Balaban J connectivity index is 1.53. The van der Waals surface area contributed by atoms with E-state index >= 15 is 0 Å². The molecule has 2 nitrogen and oxygen atoms in total. The van der Waals surface area contributed by atoms with Crippen molar-refractivity contribution in [3.8, 4) is 0 Å². The number of hydrogen-bond acceptors (Lipinski definition) is 2. The fourth-order valence-corrected chi connectivity index (χ4v) is 4.43. The SMILES string of the molecule is CC1(C)C(CNC2CCN3CCCC23)C1(C)C. The van der Waals surface area contributed by atoms with E-state index in [1.54, 1.807) is 0 Å². The van der Waals surface area contributed by atoms with E-state index in [-0.39, 0.29) is 0 Å². The Morgan fingerprint density at radius 3 is 2.41 bits per heavy atom. The van der Waals surface area contributed by atoms with Crippen LogP contribution in [0, 0.1) is 16.7 Å². The Morgan fingerprint density at radius 1 is 1.06 bits per heavy atom. The lowest BCUT2D eigenvalue weighted by Gasteiger charge is -2.21. The third-order valence-electron chi connectivity index (χ3n) is 6.51. The predicted molar refractivity (Wildman–Crippen MR) is 72.1 cm³/mol. The van der Waals surface area contributed by atoms with Gasteiger partial charge in [0.25, 0.3) is 0 Å². The quantitative estimate of drug-likeness (QED) is 0.810. The zero-order chi connectivity index (χ0) is 12.3. The standard InChI is InChI=1S/C15H28N2/c1-14(2)13(15(14,3)4)10-16-11-7-9-17-8-5-6-12(11)17/h11-13,16H,5-10H2,1-4H3. The highest BCUT2D eigenvalue weighted by molar-refractivity contribution is 5.13. The van der Waals surface area contributed by atoms with E-state index in [1.165, 1.54) is 38.9 Å². The predicted octanol–water partition coefficient (Wildman–Crippen LogP) is 2.49. The van der Waals surface area contributed by atoms with Gasteiger partial charge in [0.2, 0.25) is 0 Å². The summed E-state index contributed by atoms with van der Waals surface area (Å²) in [5.74, 6) is 0.866. The Kier molecular flexibility index (Phi) is 2.61. The third-order valence-corrected chi connectivity index (χ3v) is 6.51. The third kappa shape index (κ3) is 1.67. The summed E-state index contributed by atoms with van der Waals surface area (Å²) in [5, 5.41) is 3.88. The highest BCUT2D eigenvalue weighted by Crippen LogP contribution is 2.68. The van der Waals surface area contributed by atoms with Crippen molar-refractivity contribution in [2.24, 2.45) is 16.7 Å². The van der Waals surface area contributed by atoms with E-state index in [0.717, 1.165) is 18.0 Å². The minimum absolute atomic E-state index is 0.536. The van der Waals surface area contributed by atoms with Crippen molar-refractivity contribution in [1.82, 2.24) is 10.2 Å². The van der Waals surface area contributed by atoms with Crippen molar-refractivity contribution >= 4 is 0 Å². The average Bonchev–Trinajstić information content (AvgIpc) is 2.71. The van der Waals surface area contributed by atoms with Crippen molar-refractivity contribution in [1.29, 1.82) is 0 Å². The van der Waals surface area contributed by atoms with E-state index in [4.69, 9.17) is 0 Å². The number of hydrogen-bond donors (Lipinski definition) is 1. The van der Waals surface area contributed by atoms with Gasteiger partial charge in [0.05, 0.1) is 0 Å². The van der Waals surface area contributed by atoms with Gasteiger partial charge in [-0.15, -0.1) is 0 Å². The molecule has 0 amide bonds. The molecule has 98 valence electrons. The van der Waals surface area contributed by atoms with Crippen LogP contribution in [0.3, 0.4) is 0 Å². The Hall–Kier alpha value is -0.0800. The van der Waals surface area contributed by atoms with Crippen LogP contribution in [-0.4, -0.2) is 36.6 Å². The Bertz CT molecular complexity index is 294. The van der Waals surface area contributed by atoms with Crippen molar-refractivity contribution in [3.05, 3.63) is 0 Å². The van der Waals surface area contributed by atoms with Gasteiger partial charge in [-0.2, -0.15) is 0 Å². The zero-order valence-electron chi connectivity index (χ0n) is 11.9. The van der Waals surface area contributed by atoms with Crippen LogP contribution in [0.15, 0.2) is 0 Å². The van der Waals surface area contributed by atoms with E-state index in [1.807, 2.05) is 0 Å². The molecule has 1 saturated carbocycles. The molecule has 0 radical (unpaired) electrons. The maximum absolute atomic E-state index is 3.88. The summed E-state index contributed by atoms with van der Waals surface area (Å²) in [6.45, 7) is 13.6. The van der Waals surface area contributed by atoms with Crippen molar-refractivity contribution in [2.45, 2.75) is 59.0 Å². The molecular formula is C15H28N2. The van der Waals surface area contributed by atoms with Gasteiger partial charge >= 0.3 is 0 Å². The monoisotopic (exact) mass is 236 g/mol. The van der Waals surface area contributed by atoms with Crippen LogP contribution in [-0.2, 0) is 0 Å². The molecule has 1 N–H and O–H groups in total. The molecular weight excluding hydrogens is 208 g/mol. The summed E-state index contributed by atoms with van der Waals surface area (Å²) in [4.78, 5) is 2.70. The summed E-state index contributed by atoms with van der Waals surface area (Å²) in [6.07, 6.45) is 4.22. The van der Waals surface area contributed by atoms with Crippen LogP contribution in [0.2, 0.25) is 0 Å². The van der Waals surface area contributed by atoms with Gasteiger partial charge in [-0.25, -0.2) is 0 Å². The van der Waals surface area contributed by atoms with Crippen LogP contribution < -0.4 is 5.32 Å². The molecule has 3 aliphatic rings. The topological polar surface area (TPSA) is 15.3 Å². The molecule has 2 unspecified atom stereocenters. The summed E-state index contributed by atoms with van der Waals surface area (Å²) >= 11 is 0. The maximum atomic E-state index is 3.88. The maximum Gasteiger partial charge on any atom is 0.0250 e. The summed E-state index contributed by atoms with van der Waals surface area (Å²) in [7, 11) is 0. The van der Waals surface area contributed by atoms with Crippen LogP contribution in [0.4, 0.5) is 0 Å². The van der Waals surface area contributed by atoms with Gasteiger partial charge in [-0.3, -0.25) is 4.90 Å². The molecule has 0 aromatic rings. The number of rotatable bonds is 3. The zero-order valence-corrected chi connectivity index (χ0v) is 11.9. The molecule has 2 heterocycles. The van der Waals surface area contributed by atoms with Crippen LogP contribution in [0.5, 0.6) is 0 Å². The molecule has 0 bridgehead atoms. The van der Waals surface area contributed by atoms with E-state index < -0.39 is 0 Å². The molecule has 2 aliphatic heterocycles. The second kappa shape index (κ2) is 3.71. The number of fused-ring (bicyclic) bond motifs is 1. The second-order valence-electron chi connectivity index (χ2n) is 7.54. The number of nitrogens with one attached hydrogen (secondary N) is 1. The number of nitrogens with zero attached hydrogens (tertiary/aromatic N) is 1. The van der Waals surface area contributed by atoms with E-state index in [0.29, 0.717) is 10.8 Å². The molecule has 0 aromatic carbocycles. The van der Waals surface area contributed by atoms with Gasteiger partial charge in [-0.05, 0) is 49.1 Å². The lowest BCUT2D eigenvalue weighted by Crippen LogP contribution is -2.40. The lowest BCUT2D eigenvalue weighted by molar-refractivity contribution is 0.295. The van der Waals surface area contributed by atoms with Crippen LogP contribution in [0.1, 0.15) is 47.0 Å². The first-order chi connectivity index (χ1) is 7.94. The smallest absolute Gasteiger partial charge is 0.0250 e. The van der Waals surface area contributed by atoms with Gasteiger partial charge in [0.15, 0.2) is 0 Å². The van der Waals surface area contributed by atoms with Crippen LogP contribution >= 0.6 is 0 Å². The van der Waals surface area contributed by atoms with Gasteiger partial charge in [-0.1, -0.05) is 27.7 Å². The summed E-state index contributed by atoms with van der Waals surface area (Å²) in [5.41, 5.74) is 1.07. The van der Waals surface area contributed by atoms with Gasteiger partial charge in [0.1, 0.15) is 0 Å².